The van der Waals surface area contributed by atoms with Gasteiger partial charge in [-0.3, -0.25) is 4.79 Å². The number of rotatable bonds is 3. The fraction of sp³-hybridized carbons (Fsp3) is 0.391. The van der Waals surface area contributed by atoms with E-state index in [9.17, 15) is 18.4 Å². The van der Waals surface area contributed by atoms with E-state index in [0.29, 0.717) is 48.9 Å². The van der Waals surface area contributed by atoms with Crippen LogP contribution in [0.15, 0.2) is 33.8 Å². The predicted octanol–water partition coefficient (Wildman–Crippen LogP) is 3.53. The van der Waals surface area contributed by atoms with Crippen LogP contribution in [0, 0.1) is 11.6 Å². The van der Waals surface area contributed by atoms with Gasteiger partial charge >= 0.3 is 6.09 Å². The van der Waals surface area contributed by atoms with Crippen LogP contribution in [0.3, 0.4) is 0 Å². The minimum Gasteiger partial charge on any atom is -0.444 e. The lowest BCUT2D eigenvalue weighted by Crippen LogP contribution is -2.41. The molecule has 0 atom stereocenters. The second-order valence-electron chi connectivity index (χ2n) is 9.53. The average Bonchev–Trinajstić information content (AvgIpc) is 3.44. The number of hydrogen-bond donors (Lipinski definition) is 1. The predicted molar refractivity (Wildman–Crippen MR) is 122 cm³/mol. The average molecular weight is 499 g/mol. The highest BCUT2D eigenvalue weighted by Crippen LogP contribution is 2.31. The molecule has 0 aromatic carbocycles. The number of hydrogen-bond acceptors (Lipinski definition) is 8. The SMILES string of the molecule is CC(C)(C)OC(=O)N1CCC(c2cc(=O)[nH]c3c(-c4nc(-c5ncc(F)cc5F)no4)cnn23)CC1. The molecule has 36 heavy (non-hydrogen) atoms. The van der Waals surface area contributed by atoms with E-state index in [1.54, 1.807) is 9.42 Å². The maximum absolute atomic E-state index is 14.1. The number of aromatic amines is 1. The number of nitrogens with zero attached hydrogens (tertiary/aromatic N) is 6. The summed E-state index contributed by atoms with van der Waals surface area (Å²) in [6, 6.07) is 2.15. The van der Waals surface area contributed by atoms with Crippen LogP contribution in [0.4, 0.5) is 13.6 Å². The molecule has 11 nitrogen and oxygen atoms in total. The Bertz CT molecular complexity index is 1500. The number of carbonyl (C=O) groups is 1. The Morgan fingerprint density at radius 3 is 2.64 bits per heavy atom. The van der Waals surface area contributed by atoms with Crippen LogP contribution in [0.1, 0.15) is 45.2 Å². The molecule has 0 unspecified atom stereocenters. The molecule has 1 aliphatic heterocycles. The van der Waals surface area contributed by atoms with E-state index < -0.39 is 17.2 Å². The summed E-state index contributed by atoms with van der Waals surface area (Å²) < 4.78 is 39.6. The van der Waals surface area contributed by atoms with Crippen molar-refractivity contribution in [3.8, 4) is 23.0 Å². The lowest BCUT2D eigenvalue weighted by molar-refractivity contribution is 0.0203. The standard InChI is InChI=1S/C23H23F2N7O4/c1-23(2,3)35-22(34)31-6-4-12(5-7-31)16-9-17(33)28-20-14(11-27-32(16)20)21-29-19(30-36-21)18-15(25)8-13(24)10-26-18/h8-12H,4-7H2,1-3H3,(H,28,33). The zero-order chi connectivity index (χ0) is 25.6. The molecule has 5 rings (SSSR count). The van der Waals surface area contributed by atoms with Crippen molar-refractivity contribution in [3.63, 3.8) is 0 Å². The first kappa shape index (κ1) is 23.6. The first-order valence-corrected chi connectivity index (χ1v) is 11.3. The van der Waals surface area contributed by atoms with E-state index in [1.807, 2.05) is 20.8 Å². The van der Waals surface area contributed by atoms with Gasteiger partial charge in [0.05, 0.1) is 18.1 Å². The molecule has 4 aromatic rings. The summed E-state index contributed by atoms with van der Waals surface area (Å²) in [5.74, 6) is -1.98. The van der Waals surface area contributed by atoms with Crippen molar-refractivity contribution >= 4 is 11.7 Å². The van der Waals surface area contributed by atoms with Gasteiger partial charge in [0.2, 0.25) is 5.82 Å². The summed E-state index contributed by atoms with van der Waals surface area (Å²) >= 11 is 0. The Labute approximate surface area is 203 Å². The van der Waals surface area contributed by atoms with Crippen LogP contribution >= 0.6 is 0 Å². The lowest BCUT2D eigenvalue weighted by Gasteiger charge is -2.33. The third-order valence-corrected chi connectivity index (χ3v) is 5.78. The maximum atomic E-state index is 14.1. The molecular formula is C23H23F2N7O4. The summed E-state index contributed by atoms with van der Waals surface area (Å²) in [5, 5.41) is 8.13. The third kappa shape index (κ3) is 4.55. The molecule has 5 heterocycles. The van der Waals surface area contributed by atoms with Crippen LogP contribution < -0.4 is 5.56 Å². The molecule has 1 amide bonds. The topological polar surface area (TPSA) is 132 Å². The number of aromatic nitrogens is 6. The van der Waals surface area contributed by atoms with Crippen molar-refractivity contribution in [1.29, 1.82) is 0 Å². The first-order chi connectivity index (χ1) is 17.1. The van der Waals surface area contributed by atoms with E-state index >= 15 is 0 Å². The molecule has 0 saturated carbocycles. The van der Waals surface area contributed by atoms with Crippen LogP contribution in [0.2, 0.25) is 0 Å². The minimum absolute atomic E-state index is 0.0157. The van der Waals surface area contributed by atoms with Gasteiger partial charge < -0.3 is 19.1 Å². The molecule has 1 fully saturated rings. The lowest BCUT2D eigenvalue weighted by atomic mass is 9.93. The molecule has 1 N–H and O–H groups in total. The summed E-state index contributed by atoms with van der Waals surface area (Å²) in [5.41, 5.74) is 0.144. The Hall–Kier alpha value is -4.16. The van der Waals surface area contributed by atoms with Crippen molar-refractivity contribution in [1.82, 2.24) is 34.6 Å². The van der Waals surface area contributed by atoms with Gasteiger partial charge in [0.1, 0.15) is 28.3 Å². The van der Waals surface area contributed by atoms with Gasteiger partial charge in [-0.15, -0.1) is 0 Å². The molecule has 188 valence electrons. The largest absolute Gasteiger partial charge is 0.444 e. The van der Waals surface area contributed by atoms with Gasteiger partial charge in [-0.25, -0.2) is 23.1 Å². The maximum Gasteiger partial charge on any atom is 0.410 e. The molecule has 1 saturated heterocycles. The highest BCUT2D eigenvalue weighted by atomic mass is 19.1. The van der Waals surface area contributed by atoms with Crippen LogP contribution in [-0.4, -0.2) is 59.4 Å². The molecular weight excluding hydrogens is 476 g/mol. The van der Waals surface area contributed by atoms with Crippen LogP contribution in [0.25, 0.3) is 28.6 Å². The normalized spacial score (nSPS) is 15.0. The fourth-order valence-electron chi connectivity index (χ4n) is 4.15. The molecule has 13 heteroatoms. The second-order valence-corrected chi connectivity index (χ2v) is 9.53. The van der Waals surface area contributed by atoms with Crippen LogP contribution in [-0.2, 0) is 4.74 Å². The fourth-order valence-corrected chi connectivity index (χ4v) is 4.15. The second kappa shape index (κ2) is 8.81. The molecule has 1 aliphatic rings. The summed E-state index contributed by atoms with van der Waals surface area (Å²) in [6.07, 6.45) is 3.18. The Kier molecular flexibility index (Phi) is 5.77. The quantitative estimate of drug-likeness (QED) is 0.453. The number of H-pyrrole nitrogens is 1. The zero-order valence-corrected chi connectivity index (χ0v) is 19.8. The summed E-state index contributed by atoms with van der Waals surface area (Å²) in [6.45, 7) is 6.41. The minimum atomic E-state index is -0.935. The number of pyridine rings is 1. The molecule has 0 bridgehead atoms. The molecule has 4 aromatic heterocycles. The van der Waals surface area contributed by atoms with E-state index in [-0.39, 0.29) is 35.0 Å². The van der Waals surface area contributed by atoms with Crippen LogP contribution in [0.5, 0.6) is 0 Å². The van der Waals surface area contributed by atoms with E-state index in [0.717, 1.165) is 6.20 Å². The number of halogens is 2. The van der Waals surface area contributed by atoms with Crippen molar-refractivity contribution in [2.75, 3.05) is 13.1 Å². The Morgan fingerprint density at radius 1 is 1.19 bits per heavy atom. The van der Waals surface area contributed by atoms with E-state index in [1.165, 1.54) is 12.3 Å². The smallest absolute Gasteiger partial charge is 0.410 e. The monoisotopic (exact) mass is 499 g/mol. The van der Waals surface area contributed by atoms with Gasteiger partial charge in [0.25, 0.3) is 11.4 Å². The van der Waals surface area contributed by atoms with Gasteiger partial charge in [-0.2, -0.15) is 10.1 Å². The van der Waals surface area contributed by atoms with Gasteiger partial charge in [-0.1, -0.05) is 5.16 Å². The number of piperidine rings is 1. The third-order valence-electron chi connectivity index (χ3n) is 5.78. The van der Waals surface area contributed by atoms with Gasteiger partial charge in [0, 0.05) is 31.1 Å². The molecule has 0 radical (unpaired) electrons. The van der Waals surface area contributed by atoms with E-state index in [4.69, 9.17) is 9.26 Å². The highest BCUT2D eigenvalue weighted by Gasteiger charge is 2.29. The number of carbonyl (C=O) groups excluding carboxylic acids is 1. The Balaban J connectivity index is 1.41. The van der Waals surface area contributed by atoms with Gasteiger partial charge in [-0.05, 0) is 33.6 Å². The van der Waals surface area contributed by atoms with Crippen molar-refractivity contribution in [2.45, 2.75) is 45.1 Å². The van der Waals surface area contributed by atoms with Crippen molar-refractivity contribution in [3.05, 3.63) is 52.2 Å². The van der Waals surface area contributed by atoms with Crippen molar-refractivity contribution < 1.29 is 22.8 Å². The summed E-state index contributed by atoms with van der Waals surface area (Å²) in [4.78, 5) is 37.1. The number of ether oxygens (including phenoxy) is 1. The number of fused-ring (bicyclic) bond motifs is 1. The Morgan fingerprint density at radius 2 is 1.94 bits per heavy atom. The zero-order valence-electron chi connectivity index (χ0n) is 19.8. The van der Waals surface area contributed by atoms with E-state index in [2.05, 4.69) is 25.2 Å². The summed E-state index contributed by atoms with van der Waals surface area (Å²) in [7, 11) is 0. The first-order valence-electron chi connectivity index (χ1n) is 11.3. The number of likely N-dealkylation sites (tertiary alicyclic amines) is 1. The highest BCUT2D eigenvalue weighted by molar-refractivity contribution is 5.72. The number of nitrogens with one attached hydrogen (secondary N) is 1. The van der Waals surface area contributed by atoms with Gasteiger partial charge in [0.15, 0.2) is 5.82 Å². The van der Waals surface area contributed by atoms with Crippen molar-refractivity contribution in [2.24, 2.45) is 0 Å². The molecule has 0 spiro atoms. The number of amides is 1. The molecule has 0 aliphatic carbocycles.